The zero-order valence-corrected chi connectivity index (χ0v) is 16.5. The third-order valence-electron chi connectivity index (χ3n) is 5.81. The normalized spacial score (nSPS) is 16.9. The van der Waals surface area contributed by atoms with E-state index in [1.165, 1.54) is 32.1 Å². The Bertz CT molecular complexity index is 868. The SMILES string of the molecule is CN(Cc1ccccc1NC(=O)C1=Cc2ccccc2OC1)C1CCCCC1. The van der Waals surface area contributed by atoms with Crippen molar-refractivity contribution in [3.63, 3.8) is 0 Å². The Labute approximate surface area is 167 Å². The molecule has 0 bridgehead atoms. The number of benzene rings is 2. The number of amides is 1. The van der Waals surface area contributed by atoms with E-state index in [1.54, 1.807) is 0 Å². The van der Waals surface area contributed by atoms with Gasteiger partial charge < -0.3 is 10.1 Å². The van der Waals surface area contributed by atoms with Crippen molar-refractivity contribution in [1.82, 2.24) is 4.90 Å². The Morgan fingerprint density at radius 1 is 1.07 bits per heavy atom. The Morgan fingerprint density at radius 2 is 1.82 bits per heavy atom. The van der Waals surface area contributed by atoms with Crippen molar-refractivity contribution >= 4 is 17.7 Å². The van der Waals surface area contributed by atoms with Crippen LogP contribution < -0.4 is 10.1 Å². The summed E-state index contributed by atoms with van der Waals surface area (Å²) in [6.45, 7) is 1.15. The molecule has 0 unspecified atom stereocenters. The molecular weight excluding hydrogens is 348 g/mol. The highest BCUT2D eigenvalue weighted by Crippen LogP contribution is 2.28. The van der Waals surface area contributed by atoms with Gasteiger partial charge in [0.25, 0.3) is 5.91 Å². The van der Waals surface area contributed by atoms with E-state index in [4.69, 9.17) is 4.74 Å². The third kappa shape index (κ3) is 4.28. The Hall–Kier alpha value is -2.59. The van der Waals surface area contributed by atoms with Crippen molar-refractivity contribution in [3.05, 3.63) is 65.2 Å². The fourth-order valence-corrected chi connectivity index (χ4v) is 4.15. The van der Waals surface area contributed by atoms with Crippen LogP contribution in [0.1, 0.15) is 43.2 Å². The van der Waals surface area contributed by atoms with Gasteiger partial charge in [-0.05, 0) is 43.7 Å². The summed E-state index contributed by atoms with van der Waals surface area (Å²) in [4.78, 5) is 15.3. The fourth-order valence-electron chi connectivity index (χ4n) is 4.15. The number of hydrogen-bond acceptors (Lipinski definition) is 3. The lowest BCUT2D eigenvalue weighted by Crippen LogP contribution is -2.33. The first kappa shape index (κ1) is 18.8. The molecular formula is C24H28N2O2. The quantitative estimate of drug-likeness (QED) is 0.810. The minimum absolute atomic E-state index is 0.0951. The summed E-state index contributed by atoms with van der Waals surface area (Å²) in [6, 6.07) is 16.5. The molecule has 28 heavy (non-hydrogen) atoms. The molecule has 1 N–H and O–H groups in total. The van der Waals surface area contributed by atoms with Crippen molar-refractivity contribution in [2.45, 2.75) is 44.7 Å². The van der Waals surface area contributed by atoms with Gasteiger partial charge in [0.1, 0.15) is 12.4 Å². The average molecular weight is 377 g/mol. The minimum atomic E-state index is -0.0951. The van der Waals surface area contributed by atoms with E-state index in [9.17, 15) is 4.79 Å². The highest BCUT2D eigenvalue weighted by molar-refractivity contribution is 6.07. The first-order chi connectivity index (χ1) is 13.7. The van der Waals surface area contributed by atoms with Crippen molar-refractivity contribution in [2.24, 2.45) is 0 Å². The number of ether oxygens (including phenoxy) is 1. The Balaban J connectivity index is 1.46. The summed E-state index contributed by atoms with van der Waals surface area (Å²) in [5, 5.41) is 3.11. The minimum Gasteiger partial charge on any atom is -0.488 e. The first-order valence-electron chi connectivity index (χ1n) is 10.2. The van der Waals surface area contributed by atoms with Crippen LogP contribution in [-0.2, 0) is 11.3 Å². The maximum absolute atomic E-state index is 12.8. The van der Waals surface area contributed by atoms with Crippen LogP contribution in [0.2, 0.25) is 0 Å². The second-order valence-electron chi connectivity index (χ2n) is 7.81. The molecule has 2 aromatic carbocycles. The van der Waals surface area contributed by atoms with E-state index < -0.39 is 0 Å². The number of hydrogen-bond donors (Lipinski definition) is 1. The number of para-hydroxylation sites is 2. The molecule has 0 radical (unpaired) electrons. The standard InChI is InChI=1S/C24H28N2O2/c1-26(21-11-3-2-4-12-21)16-19-10-5-7-13-22(19)25-24(27)20-15-18-9-6-8-14-23(18)28-17-20/h5-10,13-15,21H,2-4,11-12,16-17H2,1H3,(H,25,27). The molecule has 1 aliphatic carbocycles. The molecule has 0 saturated heterocycles. The van der Waals surface area contributed by atoms with E-state index in [-0.39, 0.29) is 5.91 Å². The molecule has 4 heteroatoms. The number of anilines is 1. The molecule has 146 valence electrons. The van der Waals surface area contributed by atoms with Crippen molar-refractivity contribution < 1.29 is 9.53 Å². The second kappa shape index (κ2) is 8.61. The van der Waals surface area contributed by atoms with Gasteiger partial charge in [0.05, 0.1) is 5.57 Å². The Morgan fingerprint density at radius 3 is 2.68 bits per heavy atom. The van der Waals surface area contributed by atoms with Crippen molar-refractivity contribution in [3.8, 4) is 5.75 Å². The zero-order valence-electron chi connectivity index (χ0n) is 16.5. The summed E-state index contributed by atoms with van der Waals surface area (Å²) >= 11 is 0. The molecule has 0 atom stereocenters. The number of nitrogens with one attached hydrogen (secondary N) is 1. The van der Waals surface area contributed by atoms with Gasteiger partial charge in [-0.2, -0.15) is 0 Å². The van der Waals surface area contributed by atoms with Crippen LogP contribution in [0.4, 0.5) is 5.69 Å². The van der Waals surface area contributed by atoms with Crippen LogP contribution in [-0.4, -0.2) is 30.5 Å². The van der Waals surface area contributed by atoms with Gasteiger partial charge in [-0.15, -0.1) is 0 Å². The monoisotopic (exact) mass is 376 g/mol. The van der Waals surface area contributed by atoms with Gasteiger partial charge >= 0.3 is 0 Å². The van der Waals surface area contributed by atoms with E-state index in [1.807, 2.05) is 48.5 Å². The predicted molar refractivity (Wildman–Crippen MR) is 113 cm³/mol. The number of carbonyl (C=O) groups excluding carboxylic acids is 1. The largest absolute Gasteiger partial charge is 0.488 e. The number of nitrogens with zero attached hydrogens (tertiary/aromatic N) is 1. The third-order valence-corrected chi connectivity index (χ3v) is 5.81. The molecule has 1 amide bonds. The molecule has 0 spiro atoms. The molecule has 1 heterocycles. The van der Waals surface area contributed by atoms with Crippen LogP contribution in [0.25, 0.3) is 6.08 Å². The summed E-state index contributed by atoms with van der Waals surface area (Å²) < 4.78 is 5.73. The zero-order chi connectivity index (χ0) is 19.3. The summed E-state index contributed by atoms with van der Waals surface area (Å²) in [5.74, 6) is 0.732. The highest BCUT2D eigenvalue weighted by atomic mass is 16.5. The topological polar surface area (TPSA) is 41.6 Å². The molecule has 1 aliphatic heterocycles. The molecule has 1 fully saturated rings. The van der Waals surface area contributed by atoms with Gasteiger partial charge in [-0.3, -0.25) is 9.69 Å². The maximum atomic E-state index is 12.8. The van der Waals surface area contributed by atoms with Gasteiger partial charge in [-0.25, -0.2) is 0 Å². The summed E-state index contributed by atoms with van der Waals surface area (Å²) in [7, 11) is 2.20. The van der Waals surface area contributed by atoms with Crippen LogP contribution in [0.15, 0.2) is 54.1 Å². The van der Waals surface area contributed by atoms with Crippen molar-refractivity contribution in [2.75, 3.05) is 19.0 Å². The highest BCUT2D eigenvalue weighted by Gasteiger charge is 2.21. The molecule has 4 nitrogen and oxygen atoms in total. The molecule has 2 aromatic rings. The molecule has 2 aliphatic rings. The van der Waals surface area contributed by atoms with Crippen molar-refractivity contribution in [1.29, 1.82) is 0 Å². The maximum Gasteiger partial charge on any atom is 0.255 e. The van der Waals surface area contributed by atoms with Gasteiger partial charge in [0, 0.05) is 23.8 Å². The van der Waals surface area contributed by atoms with Crippen LogP contribution >= 0.6 is 0 Å². The van der Waals surface area contributed by atoms with Crippen LogP contribution in [0.5, 0.6) is 5.75 Å². The average Bonchev–Trinajstić information content (AvgIpc) is 2.75. The lowest BCUT2D eigenvalue weighted by atomic mass is 9.94. The summed E-state index contributed by atoms with van der Waals surface area (Å²) in [5.41, 5.74) is 3.63. The lowest BCUT2D eigenvalue weighted by Gasteiger charge is -2.31. The van der Waals surface area contributed by atoms with Gasteiger partial charge in [0.2, 0.25) is 0 Å². The fraction of sp³-hybridized carbons (Fsp3) is 0.375. The number of carbonyl (C=O) groups is 1. The van der Waals surface area contributed by atoms with Gasteiger partial charge in [-0.1, -0.05) is 55.7 Å². The van der Waals surface area contributed by atoms with Crippen LogP contribution in [0, 0.1) is 0 Å². The smallest absolute Gasteiger partial charge is 0.255 e. The Kier molecular flexibility index (Phi) is 5.77. The van der Waals surface area contributed by atoms with Gasteiger partial charge in [0.15, 0.2) is 0 Å². The first-order valence-corrected chi connectivity index (χ1v) is 10.2. The molecule has 0 aromatic heterocycles. The van der Waals surface area contributed by atoms with E-state index in [0.717, 1.165) is 29.1 Å². The molecule has 4 rings (SSSR count). The number of rotatable bonds is 5. The second-order valence-corrected chi connectivity index (χ2v) is 7.81. The predicted octanol–water partition coefficient (Wildman–Crippen LogP) is 4.87. The lowest BCUT2D eigenvalue weighted by molar-refractivity contribution is -0.113. The van der Waals surface area contributed by atoms with E-state index >= 15 is 0 Å². The van der Waals surface area contributed by atoms with E-state index in [0.29, 0.717) is 18.2 Å². The van der Waals surface area contributed by atoms with Crippen LogP contribution in [0.3, 0.4) is 0 Å². The summed E-state index contributed by atoms with van der Waals surface area (Å²) in [6.07, 6.45) is 8.47. The number of fused-ring (bicyclic) bond motifs is 1. The molecule has 1 saturated carbocycles. The van der Waals surface area contributed by atoms with E-state index in [2.05, 4.69) is 23.3 Å².